The maximum atomic E-state index is 11.5. The van der Waals surface area contributed by atoms with Gasteiger partial charge in [0, 0.05) is 7.05 Å². The summed E-state index contributed by atoms with van der Waals surface area (Å²) in [6, 6.07) is 7.93. The second kappa shape index (κ2) is 7.65. The third kappa shape index (κ3) is 3.79. The molecule has 2 N–H and O–H groups in total. The van der Waals surface area contributed by atoms with Gasteiger partial charge in [-0.2, -0.15) is 0 Å². The first-order chi connectivity index (χ1) is 8.13. The number of halogens is 2. The number of likely N-dealkylation sites (N-methyl/N-ethyl adjacent to an activating group) is 1. The molecular weight excluding hydrogens is 305 g/mol. The molecule has 1 aromatic carbocycles. The molecule has 0 aliphatic carbocycles. The number of amides is 1. The van der Waals surface area contributed by atoms with E-state index in [2.05, 4.69) is 4.98 Å². The molecule has 19 heavy (non-hydrogen) atoms. The molecule has 1 unspecified atom stereocenters. The summed E-state index contributed by atoms with van der Waals surface area (Å²) in [5, 5.41) is 0.940. The van der Waals surface area contributed by atoms with Gasteiger partial charge in [0.25, 0.3) is 0 Å². The van der Waals surface area contributed by atoms with Crippen molar-refractivity contribution in [2.45, 2.75) is 13.0 Å². The van der Waals surface area contributed by atoms with Crippen LogP contribution in [0.15, 0.2) is 24.3 Å². The molecule has 1 amide bonds. The van der Waals surface area contributed by atoms with Gasteiger partial charge in [0.15, 0.2) is 0 Å². The molecular formula is C12H17Cl2N3OS. The van der Waals surface area contributed by atoms with Crippen molar-refractivity contribution in [3.8, 4) is 0 Å². The van der Waals surface area contributed by atoms with Crippen molar-refractivity contribution in [1.82, 2.24) is 9.88 Å². The Balaban J connectivity index is 0.00000162. The first-order valence-corrected chi connectivity index (χ1v) is 6.26. The predicted molar refractivity (Wildman–Crippen MR) is 84.4 cm³/mol. The van der Waals surface area contributed by atoms with E-state index < -0.39 is 0 Å². The highest BCUT2D eigenvalue weighted by atomic mass is 35.5. The SMILES string of the molecule is CC(c1nc2ccccc2s1)N(C)C(=O)CN.Cl.Cl. The number of carbonyl (C=O) groups is 1. The van der Waals surface area contributed by atoms with E-state index in [-0.39, 0.29) is 43.3 Å². The average Bonchev–Trinajstić information content (AvgIpc) is 2.79. The summed E-state index contributed by atoms with van der Waals surface area (Å²) in [7, 11) is 1.76. The Morgan fingerprint density at radius 3 is 2.63 bits per heavy atom. The lowest BCUT2D eigenvalue weighted by Crippen LogP contribution is -2.34. The molecule has 1 atom stereocenters. The summed E-state index contributed by atoms with van der Waals surface area (Å²) >= 11 is 1.62. The molecule has 106 valence electrons. The number of aromatic nitrogens is 1. The van der Waals surface area contributed by atoms with Gasteiger partial charge in [0.1, 0.15) is 5.01 Å². The molecule has 0 spiro atoms. The lowest BCUT2D eigenvalue weighted by atomic mass is 10.3. The molecule has 0 radical (unpaired) electrons. The van der Waals surface area contributed by atoms with Crippen molar-refractivity contribution in [1.29, 1.82) is 0 Å². The molecule has 2 aromatic rings. The van der Waals surface area contributed by atoms with Crippen LogP contribution in [0.1, 0.15) is 18.0 Å². The highest BCUT2D eigenvalue weighted by Gasteiger charge is 2.19. The summed E-state index contributed by atoms with van der Waals surface area (Å²) in [4.78, 5) is 17.7. The van der Waals surface area contributed by atoms with E-state index in [0.29, 0.717) is 0 Å². The lowest BCUT2D eigenvalue weighted by molar-refractivity contribution is -0.130. The molecule has 0 aliphatic heterocycles. The Bertz CT molecular complexity index is 514. The second-order valence-electron chi connectivity index (χ2n) is 3.90. The standard InChI is InChI=1S/C12H15N3OS.2ClH/c1-8(15(2)11(16)7-13)12-14-9-5-3-4-6-10(9)17-12;;/h3-6,8H,7,13H2,1-2H3;2*1H. The number of rotatable bonds is 3. The fourth-order valence-electron chi connectivity index (χ4n) is 1.59. The summed E-state index contributed by atoms with van der Waals surface area (Å²) in [5.41, 5.74) is 6.34. The molecule has 0 saturated heterocycles. The largest absolute Gasteiger partial charge is 0.335 e. The van der Waals surface area contributed by atoms with E-state index in [1.807, 2.05) is 31.2 Å². The number of hydrogen-bond donors (Lipinski definition) is 1. The molecule has 2 rings (SSSR count). The van der Waals surface area contributed by atoms with Crippen molar-refractivity contribution < 1.29 is 4.79 Å². The molecule has 0 aliphatic rings. The van der Waals surface area contributed by atoms with E-state index in [4.69, 9.17) is 5.73 Å². The first-order valence-electron chi connectivity index (χ1n) is 5.44. The third-order valence-electron chi connectivity index (χ3n) is 2.82. The third-order valence-corrected chi connectivity index (χ3v) is 4.02. The quantitative estimate of drug-likeness (QED) is 0.945. The van der Waals surface area contributed by atoms with Gasteiger partial charge < -0.3 is 10.6 Å². The highest BCUT2D eigenvalue weighted by molar-refractivity contribution is 7.18. The van der Waals surface area contributed by atoms with Crippen molar-refractivity contribution in [2.24, 2.45) is 5.73 Å². The minimum Gasteiger partial charge on any atom is -0.335 e. The number of benzene rings is 1. The fourth-order valence-corrected chi connectivity index (χ4v) is 2.66. The van der Waals surface area contributed by atoms with Crippen molar-refractivity contribution >= 4 is 52.3 Å². The Kier molecular flexibility index (Phi) is 7.29. The number of nitrogens with two attached hydrogens (primary N) is 1. The van der Waals surface area contributed by atoms with Crippen LogP contribution in [0.2, 0.25) is 0 Å². The van der Waals surface area contributed by atoms with E-state index in [9.17, 15) is 4.79 Å². The number of hydrogen-bond acceptors (Lipinski definition) is 4. The number of nitrogens with zero attached hydrogens (tertiary/aromatic N) is 2. The van der Waals surface area contributed by atoms with Crippen molar-refractivity contribution in [3.63, 3.8) is 0 Å². The van der Waals surface area contributed by atoms with Gasteiger partial charge in [-0.3, -0.25) is 4.79 Å². The maximum absolute atomic E-state index is 11.5. The van der Waals surface area contributed by atoms with Gasteiger partial charge >= 0.3 is 0 Å². The second-order valence-corrected chi connectivity index (χ2v) is 4.97. The summed E-state index contributed by atoms with van der Waals surface area (Å²) in [6.45, 7) is 2.00. The predicted octanol–water partition coefficient (Wildman–Crippen LogP) is 2.62. The molecule has 1 heterocycles. The van der Waals surface area contributed by atoms with Crippen LogP contribution < -0.4 is 5.73 Å². The Hall–Kier alpha value is -0.880. The van der Waals surface area contributed by atoms with Crippen LogP contribution in [0.3, 0.4) is 0 Å². The Morgan fingerprint density at radius 2 is 2.05 bits per heavy atom. The Morgan fingerprint density at radius 1 is 1.42 bits per heavy atom. The van der Waals surface area contributed by atoms with Crippen molar-refractivity contribution in [3.05, 3.63) is 29.3 Å². The minimum absolute atomic E-state index is 0. The zero-order valence-electron chi connectivity index (χ0n) is 10.7. The van der Waals surface area contributed by atoms with Crippen LogP contribution in [0.4, 0.5) is 0 Å². The average molecular weight is 322 g/mol. The van der Waals surface area contributed by atoms with Gasteiger partial charge in [-0.05, 0) is 19.1 Å². The van der Waals surface area contributed by atoms with Crippen LogP contribution in [0.5, 0.6) is 0 Å². The smallest absolute Gasteiger partial charge is 0.236 e. The molecule has 1 aromatic heterocycles. The van der Waals surface area contributed by atoms with Gasteiger partial charge in [-0.1, -0.05) is 12.1 Å². The van der Waals surface area contributed by atoms with Crippen LogP contribution in [0, 0.1) is 0 Å². The normalized spacial score (nSPS) is 11.3. The molecule has 7 heteroatoms. The zero-order valence-corrected chi connectivity index (χ0v) is 13.1. The van der Waals surface area contributed by atoms with E-state index in [1.165, 1.54) is 0 Å². The van der Waals surface area contributed by atoms with Gasteiger partial charge in [0.05, 0.1) is 22.8 Å². The summed E-state index contributed by atoms with van der Waals surface area (Å²) in [5.74, 6) is -0.0724. The summed E-state index contributed by atoms with van der Waals surface area (Å²) in [6.07, 6.45) is 0. The van der Waals surface area contributed by atoms with Crippen LogP contribution in [0.25, 0.3) is 10.2 Å². The van der Waals surface area contributed by atoms with Gasteiger partial charge in [0.2, 0.25) is 5.91 Å². The number of thiazole rings is 1. The monoisotopic (exact) mass is 321 g/mol. The summed E-state index contributed by atoms with van der Waals surface area (Å²) < 4.78 is 1.14. The molecule has 0 saturated carbocycles. The number of fused-ring (bicyclic) bond motifs is 1. The first kappa shape index (κ1) is 18.1. The maximum Gasteiger partial charge on any atom is 0.236 e. The number of carbonyl (C=O) groups excluding carboxylic acids is 1. The van der Waals surface area contributed by atoms with Crippen LogP contribution >= 0.6 is 36.2 Å². The van der Waals surface area contributed by atoms with E-state index in [0.717, 1.165) is 15.2 Å². The minimum atomic E-state index is -0.0724. The van der Waals surface area contributed by atoms with Gasteiger partial charge in [-0.25, -0.2) is 4.98 Å². The zero-order chi connectivity index (χ0) is 12.4. The van der Waals surface area contributed by atoms with E-state index >= 15 is 0 Å². The van der Waals surface area contributed by atoms with Crippen molar-refractivity contribution in [2.75, 3.05) is 13.6 Å². The topological polar surface area (TPSA) is 59.2 Å². The fraction of sp³-hybridized carbons (Fsp3) is 0.333. The lowest BCUT2D eigenvalue weighted by Gasteiger charge is -2.22. The highest BCUT2D eigenvalue weighted by Crippen LogP contribution is 2.28. The Labute approximate surface area is 128 Å². The van der Waals surface area contributed by atoms with Crippen LogP contribution in [-0.4, -0.2) is 29.4 Å². The number of para-hydroxylation sites is 1. The van der Waals surface area contributed by atoms with Gasteiger partial charge in [-0.15, -0.1) is 36.2 Å². The van der Waals surface area contributed by atoms with E-state index in [1.54, 1.807) is 23.3 Å². The molecule has 4 nitrogen and oxygen atoms in total. The molecule has 0 fully saturated rings. The molecule has 0 bridgehead atoms. The van der Waals surface area contributed by atoms with Crippen LogP contribution in [-0.2, 0) is 4.79 Å².